The third kappa shape index (κ3) is 2.78. The Hall–Kier alpha value is -1.82. The first kappa shape index (κ1) is 13.6. The van der Waals surface area contributed by atoms with E-state index in [9.17, 15) is 10.1 Å². The van der Waals surface area contributed by atoms with Crippen LogP contribution < -0.4 is 9.64 Å². The highest BCUT2D eigenvalue weighted by Gasteiger charge is 2.22. The van der Waals surface area contributed by atoms with Crippen LogP contribution in [0.3, 0.4) is 0 Å². The van der Waals surface area contributed by atoms with Crippen molar-refractivity contribution >= 4 is 11.4 Å². The average molecular weight is 266 g/mol. The van der Waals surface area contributed by atoms with Gasteiger partial charge in [-0.25, -0.2) is 0 Å². The Kier molecular flexibility index (Phi) is 4.21. The molecule has 1 aromatic rings. The lowest BCUT2D eigenvalue weighted by Gasteiger charge is -2.30. The monoisotopic (exact) mass is 266 g/mol. The van der Waals surface area contributed by atoms with E-state index in [-0.39, 0.29) is 5.69 Å². The summed E-state index contributed by atoms with van der Waals surface area (Å²) in [4.78, 5) is 12.8. The molecular formula is C13H18N2O4. The average Bonchev–Trinajstić information content (AvgIpc) is 2.46. The summed E-state index contributed by atoms with van der Waals surface area (Å²) < 4.78 is 10.5. The molecule has 0 aliphatic carbocycles. The van der Waals surface area contributed by atoms with Crippen LogP contribution in [0.2, 0.25) is 0 Å². The fraction of sp³-hybridized carbons (Fsp3) is 0.538. The second-order valence-electron chi connectivity index (χ2n) is 4.36. The number of aryl methyl sites for hydroxylation is 1. The summed E-state index contributed by atoms with van der Waals surface area (Å²) in [6.45, 7) is 4.96. The van der Waals surface area contributed by atoms with Gasteiger partial charge < -0.3 is 14.4 Å². The molecule has 0 unspecified atom stereocenters. The van der Waals surface area contributed by atoms with Gasteiger partial charge in [-0.15, -0.1) is 0 Å². The molecule has 1 aliphatic heterocycles. The second kappa shape index (κ2) is 5.88. The maximum atomic E-state index is 11.0. The quantitative estimate of drug-likeness (QED) is 0.616. The van der Waals surface area contributed by atoms with Crippen LogP contribution in [0.25, 0.3) is 0 Å². The normalized spacial score (nSPS) is 15.4. The highest BCUT2D eigenvalue weighted by molar-refractivity contribution is 5.64. The highest BCUT2D eigenvalue weighted by Crippen LogP contribution is 2.35. The Balaban J connectivity index is 2.44. The number of nitro groups is 1. The second-order valence-corrected chi connectivity index (χ2v) is 4.36. The summed E-state index contributed by atoms with van der Waals surface area (Å²) in [5.74, 6) is 0.309. The van der Waals surface area contributed by atoms with Gasteiger partial charge in [0.1, 0.15) is 0 Å². The molecule has 0 N–H and O–H groups in total. The third-order valence-electron chi connectivity index (χ3n) is 3.31. The fourth-order valence-corrected chi connectivity index (χ4v) is 2.29. The van der Waals surface area contributed by atoms with Gasteiger partial charge in [0.05, 0.1) is 25.2 Å². The lowest BCUT2D eigenvalue weighted by molar-refractivity contribution is -0.385. The van der Waals surface area contributed by atoms with Crippen LogP contribution in [0.4, 0.5) is 11.4 Å². The molecule has 19 heavy (non-hydrogen) atoms. The molecule has 0 spiro atoms. The molecule has 2 rings (SSSR count). The largest absolute Gasteiger partial charge is 0.490 e. The summed E-state index contributed by atoms with van der Waals surface area (Å²) in [6, 6.07) is 3.38. The standard InChI is InChI=1S/C13H18N2O4/c1-3-10-8-12(15(16)17)13(18-2)9-11(10)14-4-6-19-7-5-14/h8-9H,3-7H2,1-2H3. The van der Waals surface area contributed by atoms with E-state index in [0.717, 1.165) is 30.8 Å². The highest BCUT2D eigenvalue weighted by atomic mass is 16.6. The van der Waals surface area contributed by atoms with E-state index in [4.69, 9.17) is 9.47 Å². The zero-order valence-corrected chi connectivity index (χ0v) is 11.2. The summed E-state index contributed by atoms with van der Waals surface area (Å²) in [7, 11) is 1.46. The van der Waals surface area contributed by atoms with E-state index in [0.29, 0.717) is 19.0 Å². The topological polar surface area (TPSA) is 64.8 Å². The van der Waals surface area contributed by atoms with Gasteiger partial charge in [-0.1, -0.05) is 6.92 Å². The smallest absolute Gasteiger partial charge is 0.311 e. The number of methoxy groups -OCH3 is 1. The van der Waals surface area contributed by atoms with Crippen LogP contribution >= 0.6 is 0 Å². The Morgan fingerprint density at radius 3 is 2.63 bits per heavy atom. The zero-order chi connectivity index (χ0) is 13.8. The molecule has 6 nitrogen and oxygen atoms in total. The number of ether oxygens (including phenoxy) is 2. The molecule has 1 heterocycles. The fourth-order valence-electron chi connectivity index (χ4n) is 2.29. The van der Waals surface area contributed by atoms with Gasteiger partial charge in [0.2, 0.25) is 0 Å². The first-order chi connectivity index (χ1) is 9.17. The molecule has 1 saturated heterocycles. The molecule has 0 bridgehead atoms. The number of nitro benzene ring substituents is 1. The van der Waals surface area contributed by atoms with Crippen molar-refractivity contribution in [3.05, 3.63) is 27.8 Å². The van der Waals surface area contributed by atoms with Crippen molar-refractivity contribution in [3.63, 3.8) is 0 Å². The van der Waals surface area contributed by atoms with Crippen molar-refractivity contribution in [1.82, 2.24) is 0 Å². The molecule has 1 aliphatic rings. The Bertz CT molecular complexity index is 470. The van der Waals surface area contributed by atoms with Gasteiger partial charge >= 0.3 is 5.69 Å². The Morgan fingerprint density at radius 2 is 2.11 bits per heavy atom. The van der Waals surface area contributed by atoms with Crippen molar-refractivity contribution in [1.29, 1.82) is 0 Å². The first-order valence-corrected chi connectivity index (χ1v) is 6.35. The van der Waals surface area contributed by atoms with Crippen LogP contribution in [0.15, 0.2) is 12.1 Å². The number of morpholine rings is 1. The summed E-state index contributed by atoms with van der Waals surface area (Å²) >= 11 is 0. The van der Waals surface area contributed by atoms with E-state index in [2.05, 4.69) is 4.90 Å². The Labute approximate surface area is 112 Å². The molecule has 1 fully saturated rings. The Morgan fingerprint density at radius 1 is 1.42 bits per heavy atom. The molecule has 0 amide bonds. The minimum atomic E-state index is -0.402. The van der Waals surface area contributed by atoms with Gasteiger partial charge in [-0.3, -0.25) is 10.1 Å². The lowest BCUT2D eigenvalue weighted by Crippen LogP contribution is -2.36. The van der Waals surface area contributed by atoms with Crippen LogP contribution in [-0.2, 0) is 11.2 Å². The van der Waals surface area contributed by atoms with Gasteiger partial charge in [0.25, 0.3) is 0 Å². The van der Waals surface area contributed by atoms with Gasteiger partial charge in [-0.05, 0) is 12.0 Å². The number of benzene rings is 1. The summed E-state index contributed by atoms with van der Waals surface area (Å²) in [5, 5.41) is 11.0. The SMILES string of the molecule is CCc1cc([N+](=O)[O-])c(OC)cc1N1CCOCC1. The lowest BCUT2D eigenvalue weighted by atomic mass is 10.1. The summed E-state index contributed by atoms with van der Waals surface area (Å²) in [6.07, 6.45) is 0.748. The predicted molar refractivity (Wildman–Crippen MR) is 72.1 cm³/mol. The van der Waals surface area contributed by atoms with Crippen molar-refractivity contribution in [2.24, 2.45) is 0 Å². The molecule has 0 saturated carbocycles. The third-order valence-corrected chi connectivity index (χ3v) is 3.31. The maximum Gasteiger partial charge on any atom is 0.311 e. The van der Waals surface area contributed by atoms with Crippen molar-refractivity contribution < 1.29 is 14.4 Å². The number of nitrogens with zero attached hydrogens (tertiary/aromatic N) is 2. The van der Waals surface area contributed by atoms with Gasteiger partial charge in [0.15, 0.2) is 5.75 Å². The molecule has 0 atom stereocenters. The van der Waals surface area contributed by atoms with Crippen LogP contribution in [0.1, 0.15) is 12.5 Å². The molecule has 0 aromatic heterocycles. The van der Waals surface area contributed by atoms with Crippen molar-refractivity contribution in [2.75, 3.05) is 38.3 Å². The predicted octanol–water partition coefficient (Wildman–Crippen LogP) is 2.00. The van der Waals surface area contributed by atoms with E-state index >= 15 is 0 Å². The number of hydrogen-bond acceptors (Lipinski definition) is 5. The first-order valence-electron chi connectivity index (χ1n) is 6.35. The maximum absolute atomic E-state index is 11.0. The van der Waals surface area contributed by atoms with Gasteiger partial charge in [0, 0.05) is 30.9 Å². The van der Waals surface area contributed by atoms with E-state index in [1.807, 2.05) is 6.92 Å². The van der Waals surface area contributed by atoms with Crippen LogP contribution in [-0.4, -0.2) is 38.3 Å². The minimum Gasteiger partial charge on any atom is -0.490 e. The molecule has 104 valence electrons. The molecule has 1 aromatic carbocycles. The van der Waals surface area contributed by atoms with Gasteiger partial charge in [-0.2, -0.15) is 0 Å². The summed E-state index contributed by atoms with van der Waals surface area (Å²) in [5.41, 5.74) is 2.00. The number of rotatable bonds is 4. The van der Waals surface area contributed by atoms with Crippen molar-refractivity contribution in [2.45, 2.75) is 13.3 Å². The molecular weight excluding hydrogens is 248 g/mol. The zero-order valence-electron chi connectivity index (χ0n) is 11.2. The number of hydrogen-bond donors (Lipinski definition) is 0. The molecule has 0 radical (unpaired) electrons. The van der Waals surface area contributed by atoms with E-state index in [1.54, 1.807) is 12.1 Å². The minimum absolute atomic E-state index is 0.0244. The van der Waals surface area contributed by atoms with E-state index < -0.39 is 4.92 Å². The van der Waals surface area contributed by atoms with Crippen LogP contribution in [0, 0.1) is 10.1 Å². The van der Waals surface area contributed by atoms with Crippen molar-refractivity contribution in [3.8, 4) is 5.75 Å². The molecule has 6 heteroatoms. The van der Waals surface area contributed by atoms with Crippen LogP contribution in [0.5, 0.6) is 5.75 Å². The number of anilines is 1. The van der Waals surface area contributed by atoms with E-state index in [1.165, 1.54) is 7.11 Å².